The number of rotatable bonds is 5. The van der Waals surface area contributed by atoms with Crippen LogP contribution in [0, 0.1) is 42.4 Å². The van der Waals surface area contributed by atoms with Gasteiger partial charge in [0, 0.05) is 58.8 Å². The Labute approximate surface area is 255 Å². The van der Waals surface area contributed by atoms with Crippen LogP contribution in [-0.2, 0) is 24.2 Å². The zero-order valence-corrected chi connectivity index (χ0v) is 25.9. The van der Waals surface area contributed by atoms with Crippen LogP contribution in [0.3, 0.4) is 0 Å². The third-order valence-electron chi connectivity index (χ3n) is 10.7. The molecule has 4 fully saturated rings. The molecule has 2 N–H and O–H groups in total. The van der Waals surface area contributed by atoms with Gasteiger partial charge in [0.1, 0.15) is 5.82 Å². The van der Waals surface area contributed by atoms with Gasteiger partial charge in [0.15, 0.2) is 0 Å². The van der Waals surface area contributed by atoms with Crippen molar-refractivity contribution in [3.63, 3.8) is 0 Å². The second kappa shape index (κ2) is 12.0. The van der Waals surface area contributed by atoms with Crippen molar-refractivity contribution in [1.82, 2.24) is 19.8 Å². The quantitative estimate of drug-likeness (QED) is 0.380. The number of halogens is 3. The van der Waals surface area contributed by atoms with Crippen molar-refractivity contribution >= 4 is 29.3 Å². The van der Waals surface area contributed by atoms with Gasteiger partial charge in [0.05, 0.1) is 18.2 Å². The first-order chi connectivity index (χ1) is 20.0. The Balaban J connectivity index is 1.17. The van der Waals surface area contributed by atoms with Crippen molar-refractivity contribution < 1.29 is 18.7 Å². The molecule has 1 aromatic rings. The van der Waals surface area contributed by atoms with Crippen molar-refractivity contribution in [3.05, 3.63) is 27.4 Å². The number of carbonyl (C=O) groups is 1. The molecule has 6 rings (SSSR count). The third-order valence-corrected chi connectivity index (χ3v) is 12.7. The summed E-state index contributed by atoms with van der Waals surface area (Å²) in [4.78, 5) is 32.3. The number of aryl methyl sites for hydroxylation is 2. The number of aromatic nitrogens is 2. The smallest absolute Gasteiger partial charge is 0.308 e. The van der Waals surface area contributed by atoms with E-state index in [4.69, 9.17) is 16.6 Å². The van der Waals surface area contributed by atoms with Crippen LogP contribution in [0.1, 0.15) is 62.0 Å². The minimum Gasteiger partial charge on any atom is -0.481 e. The molecule has 2 saturated carbocycles. The molecule has 1 aromatic heterocycles. The van der Waals surface area contributed by atoms with E-state index in [0.717, 1.165) is 44.3 Å². The van der Waals surface area contributed by atoms with Gasteiger partial charge in [-0.2, -0.15) is 11.8 Å². The molecule has 0 spiro atoms. The molecule has 2 aliphatic heterocycles. The summed E-state index contributed by atoms with van der Waals surface area (Å²) in [5.74, 6) is 5.34. The summed E-state index contributed by atoms with van der Waals surface area (Å²) in [7, 11) is 1.91. The SMILES string of the molecule is Cc1nc2c(c(=O)n1CC#CC1CCC(Cl)CC1C1CCNC3C(C(=O)O)CSC13)CC(N(C)C1CC(F)(F)C1)CC2. The summed E-state index contributed by atoms with van der Waals surface area (Å²) in [6, 6.07) is -0.0891. The van der Waals surface area contributed by atoms with E-state index in [1.165, 1.54) is 0 Å². The Kier molecular flexibility index (Phi) is 8.69. The van der Waals surface area contributed by atoms with Crippen LogP contribution in [0.5, 0.6) is 0 Å². The minimum absolute atomic E-state index is 0.0120. The molecule has 2 saturated heterocycles. The maximum absolute atomic E-state index is 13.6. The first-order valence-corrected chi connectivity index (χ1v) is 16.9. The van der Waals surface area contributed by atoms with E-state index in [-0.39, 0.29) is 65.5 Å². The summed E-state index contributed by atoms with van der Waals surface area (Å²) in [5, 5.41) is 13.6. The molecule has 5 aliphatic rings. The Hall–Kier alpha value is -1.67. The van der Waals surface area contributed by atoms with Crippen LogP contribution in [0.4, 0.5) is 8.78 Å². The zero-order chi connectivity index (χ0) is 29.8. The molecule has 0 amide bonds. The van der Waals surface area contributed by atoms with Crippen molar-refractivity contribution in [3.8, 4) is 11.8 Å². The van der Waals surface area contributed by atoms with Gasteiger partial charge in [0.25, 0.3) is 11.5 Å². The molecule has 0 bridgehead atoms. The lowest BCUT2D eigenvalue weighted by molar-refractivity contribution is -0.142. The predicted molar refractivity (Wildman–Crippen MR) is 160 cm³/mol. The van der Waals surface area contributed by atoms with Gasteiger partial charge in [-0.05, 0) is 77.3 Å². The maximum Gasteiger partial charge on any atom is 0.308 e. The van der Waals surface area contributed by atoms with Gasteiger partial charge in [-0.1, -0.05) is 11.8 Å². The van der Waals surface area contributed by atoms with Gasteiger partial charge in [-0.15, -0.1) is 11.6 Å². The highest BCUT2D eigenvalue weighted by molar-refractivity contribution is 8.00. The topological polar surface area (TPSA) is 87.5 Å². The second-order valence-corrected chi connectivity index (χ2v) is 15.0. The number of carboxylic acids is 1. The standard InChI is InChI=1S/C31H41ClF2N4O3S/c1-17-36-26-8-7-20(37(2)21-14-31(33,34)15-21)13-24(26)29(39)38(17)11-3-4-18-5-6-19(32)12-23(18)22-9-10-35-27-25(30(40)41)16-42-28(22)27/h18-23,25,27-28,35H,5-16H2,1-2H3,(H,40,41). The number of likely N-dealkylation sites (N-methyl/N-ethyl adjacent to an activating group) is 1. The molecule has 0 radical (unpaired) electrons. The largest absolute Gasteiger partial charge is 0.481 e. The Morgan fingerprint density at radius 1 is 1.24 bits per heavy atom. The fraction of sp³-hybridized carbons (Fsp3) is 0.774. The van der Waals surface area contributed by atoms with E-state index in [1.807, 2.05) is 18.9 Å². The van der Waals surface area contributed by atoms with Gasteiger partial charge >= 0.3 is 5.97 Å². The summed E-state index contributed by atoms with van der Waals surface area (Å²) in [5.41, 5.74) is 1.47. The van der Waals surface area contributed by atoms with Crippen molar-refractivity contribution in [2.75, 3.05) is 19.3 Å². The fourth-order valence-electron chi connectivity index (χ4n) is 8.18. The van der Waals surface area contributed by atoms with Crippen LogP contribution < -0.4 is 10.9 Å². The Morgan fingerprint density at radius 3 is 2.76 bits per heavy atom. The van der Waals surface area contributed by atoms with Gasteiger partial charge in [-0.3, -0.25) is 19.1 Å². The zero-order valence-electron chi connectivity index (χ0n) is 24.3. The molecule has 8 atom stereocenters. The molecule has 7 nitrogen and oxygen atoms in total. The Morgan fingerprint density at radius 2 is 2.02 bits per heavy atom. The lowest BCUT2D eigenvalue weighted by Crippen LogP contribution is -2.54. The highest BCUT2D eigenvalue weighted by Gasteiger charge is 2.50. The van der Waals surface area contributed by atoms with Gasteiger partial charge in [0.2, 0.25) is 0 Å². The molecule has 3 aliphatic carbocycles. The number of hydrogen-bond donors (Lipinski definition) is 2. The third kappa shape index (κ3) is 5.88. The van der Waals surface area contributed by atoms with E-state index in [1.54, 1.807) is 16.3 Å². The number of alkyl halides is 3. The maximum atomic E-state index is 13.6. The number of nitrogens with one attached hydrogen (secondary N) is 1. The van der Waals surface area contributed by atoms with Crippen molar-refractivity contribution in [2.24, 2.45) is 23.7 Å². The van der Waals surface area contributed by atoms with E-state index in [2.05, 4.69) is 17.2 Å². The van der Waals surface area contributed by atoms with Crippen LogP contribution in [0.2, 0.25) is 0 Å². The minimum atomic E-state index is -2.57. The van der Waals surface area contributed by atoms with E-state index >= 15 is 0 Å². The highest BCUT2D eigenvalue weighted by atomic mass is 35.5. The first kappa shape index (κ1) is 30.4. The summed E-state index contributed by atoms with van der Waals surface area (Å²) in [6.45, 7) is 2.93. The van der Waals surface area contributed by atoms with Gasteiger partial charge in [-0.25, -0.2) is 13.8 Å². The molecule has 8 unspecified atom stereocenters. The first-order valence-electron chi connectivity index (χ1n) is 15.4. The average Bonchev–Trinajstić information content (AvgIpc) is 3.38. The van der Waals surface area contributed by atoms with E-state index in [9.17, 15) is 23.5 Å². The predicted octanol–water partition coefficient (Wildman–Crippen LogP) is 3.96. The molecule has 230 valence electrons. The second-order valence-electron chi connectivity index (χ2n) is 13.1. The lowest BCUT2D eigenvalue weighted by Gasteiger charge is -2.45. The molecule has 3 heterocycles. The van der Waals surface area contributed by atoms with Crippen LogP contribution >= 0.6 is 23.4 Å². The fourth-order valence-corrected chi connectivity index (χ4v) is 10.4. The van der Waals surface area contributed by atoms with Crippen molar-refractivity contribution in [2.45, 2.75) is 106 Å². The average molecular weight is 623 g/mol. The number of nitrogens with zero attached hydrogens (tertiary/aromatic N) is 3. The summed E-state index contributed by atoms with van der Waals surface area (Å²) >= 11 is 8.46. The summed E-state index contributed by atoms with van der Waals surface area (Å²) < 4.78 is 28.6. The normalized spacial score (nSPS) is 36.0. The van der Waals surface area contributed by atoms with Crippen LogP contribution in [-0.4, -0.2) is 79.5 Å². The number of hydrogen-bond acceptors (Lipinski definition) is 6. The number of piperidine rings is 1. The van der Waals surface area contributed by atoms with E-state index in [0.29, 0.717) is 41.8 Å². The molecule has 11 heteroatoms. The molecular formula is C31H41ClF2N4O3S. The number of carboxylic acid groups (broad SMARTS) is 1. The van der Waals surface area contributed by atoms with Crippen LogP contribution in [0.15, 0.2) is 4.79 Å². The molecule has 42 heavy (non-hydrogen) atoms. The van der Waals surface area contributed by atoms with Crippen molar-refractivity contribution in [1.29, 1.82) is 0 Å². The monoisotopic (exact) mass is 622 g/mol. The highest BCUT2D eigenvalue weighted by Crippen LogP contribution is 2.48. The Bertz CT molecular complexity index is 1320. The number of aliphatic carboxylic acids is 1. The van der Waals surface area contributed by atoms with Gasteiger partial charge < -0.3 is 10.4 Å². The van der Waals surface area contributed by atoms with Crippen LogP contribution in [0.25, 0.3) is 0 Å². The summed E-state index contributed by atoms with van der Waals surface area (Å²) in [6.07, 6.45) is 5.50. The lowest BCUT2D eigenvalue weighted by atomic mass is 9.68. The van der Waals surface area contributed by atoms with E-state index < -0.39 is 11.9 Å². The molecule has 0 aromatic carbocycles. The molecular weight excluding hydrogens is 582 g/mol. The number of fused-ring (bicyclic) bond motifs is 2. The number of thioether (sulfide) groups is 1.